The molecule has 0 spiro atoms. The van der Waals surface area contributed by atoms with Crippen LogP contribution in [0, 0.1) is 13.8 Å². The number of rotatable bonds is 5. The Hall–Kier alpha value is -2.32. The minimum absolute atomic E-state index is 0.0365. The maximum absolute atomic E-state index is 12.1. The molecule has 7 nitrogen and oxygen atoms in total. The van der Waals surface area contributed by atoms with Crippen LogP contribution in [0.25, 0.3) is 0 Å². The van der Waals surface area contributed by atoms with Crippen molar-refractivity contribution >= 4 is 21.8 Å². The van der Waals surface area contributed by atoms with Crippen LogP contribution in [0.1, 0.15) is 28.7 Å². The second-order valence-electron chi connectivity index (χ2n) is 4.79. The summed E-state index contributed by atoms with van der Waals surface area (Å²) >= 11 is 0. The second-order valence-corrected chi connectivity index (χ2v) is 6.47. The van der Waals surface area contributed by atoms with Gasteiger partial charge in [0.2, 0.25) is 5.95 Å². The van der Waals surface area contributed by atoms with Crippen molar-refractivity contribution in [2.75, 3.05) is 5.43 Å². The van der Waals surface area contributed by atoms with Crippen molar-refractivity contribution < 1.29 is 13.2 Å². The van der Waals surface area contributed by atoms with Gasteiger partial charge < -0.3 is 0 Å². The third-order valence-electron chi connectivity index (χ3n) is 2.85. The molecular weight excluding hydrogens is 304 g/mol. The molecule has 0 unspecified atom stereocenters. The average Bonchev–Trinajstić information content (AvgIpc) is 2.44. The molecule has 8 heteroatoms. The van der Waals surface area contributed by atoms with Crippen LogP contribution in [0.15, 0.2) is 35.2 Å². The van der Waals surface area contributed by atoms with Crippen molar-refractivity contribution in [2.45, 2.75) is 25.7 Å². The van der Waals surface area contributed by atoms with E-state index in [4.69, 9.17) is 0 Å². The first-order valence-corrected chi connectivity index (χ1v) is 7.97. The zero-order valence-corrected chi connectivity index (χ0v) is 13.2. The number of aryl methyl sites for hydroxylation is 2. The van der Waals surface area contributed by atoms with Crippen molar-refractivity contribution in [3.8, 4) is 0 Å². The summed E-state index contributed by atoms with van der Waals surface area (Å²) in [7, 11) is -3.78. The highest BCUT2D eigenvalue weighted by molar-refractivity contribution is 7.89. The Morgan fingerprint density at radius 3 is 2.09 bits per heavy atom. The minimum Gasteiger partial charge on any atom is -0.295 e. The van der Waals surface area contributed by atoms with Gasteiger partial charge in [0.1, 0.15) is 0 Å². The molecule has 0 saturated heterocycles. The highest BCUT2D eigenvalue weighted by Gasteiger charge is 2.14. The van der Waals surface area contributed by atoms with Crippen LogP contribution >= 0.6 is 0 Å². The lowest BCUT2D eigenvalue weighted by Gasteiger charge is -2.09. The molecule has 1 heterocycles. The summed E-state index contributed by atoms with van der Waals surface area (Å²) in [5.74, 6) is 0.0418. The van der Waals surface area contributed by atoms with Gasteiger partial charge in [0.05, 0.1) is 4.90 Å². The molecule has 0 aliphatic carbocycles. The van der Waals surface area contributed by atoms with Gasteiger partial charge in [-0.25, -0.2) is 18.4 Å². The molecule has 116 valence electrons. The van der Waals surface area contributed by atoms with E-state index in [0.29, 0.717) is 5.56 Å². The number of ketones is 1. The molecule has 0 saturated carbocycles. The number of carbonyl (C=O) groups is 1. The fourth-order valence-electron chi connectivity index (χ4n) is 1.82. The predicted molar refractivity (Wildman–Crippen MR) is 81.9 cm³/mol. The first-order valence-electron chi connectivity index (χ1n) is 6.49. The first kappa shape index (κ1) is 16.1. The zero-order chi connectivity index (χ0) is 16.3. The zero-order valence-electron chi connectivity index (χ0n) is 12.4. The summed E-state index contributed by atoms with van der Waals surface area (Å²) in [5.41, 5.74) is 4.37. The molecule has 0 radical (unpaired) electrons. The summed E-state index contributed by atoms with van der Waals surface area (Å²) in [6.07, 6.45) is 0. The van der Waals surface area contributed by atoms with Crippen molar-refractivity contribution in [1.82, 2.24) is 14.8 Å². The first-order chi connectivity index (χ1) is 10.3. The molecular formula is C14H16N4O3S. The monoisotopic (exact) mass is 320 g/mol. The lowest BCUT2D eigenvalue weighted by molar-refractivity contribution is 0.101. The maximum atomic E-state index is 12.1. The Bertz CT molecular complexity index is 781. The number of nitrogens with one attached hydrogen (secondary N) is 2. The Morgan fingerprint density at radius 1 is 1.05 bits per heavy atom. The lowest BCUT2D eigenvalue weighted by atomic mass is 10.2. The number of benzene rings is 1. The molecule has 0 aliphatic rings. The van der Waals surface area contributed by atoms with Crippen molar-refractivity contribution in [2.24, 2.45) is 0 Å². The summed E-state index contributed by atoms with van der Waals surface area (Å²) < 4.78 is 24.3. The summed E-state index contributed by atoms with van der Waals surface area (Å²) in [4.78, 5) is 21.6. The van der Waals surface area contributed by atoms with Crippen LogP contribution < -0.4 is 10.3 Å². The molecule has 0 aliphatic heterocycles. The van der Waals surface area contributed by atoms with Crippen LogP contribution in [0.2, 0.25) is 0 Å². The van der Waals surface area contributed by atoms with Crippen LogP contribution in [0.4, 0.5) is 5.95 Å². The maximum Gasteiger partial charge on any atom is 0.257 e. The highest BCUT2D eigenvalue weighted by atomic mass is 32.2. The van der Waals surface area contributed by atoms with E-state index in [1.165, 1.54) is 31.2 Å². The largest absolute Gasteiger partial charge is 0.295 e. The normalized spacial score (nSPS) is 11.2. The average molecular weight is 320 g/mol. The minimum atomic E-state index is -3.78. The summed E-state index contributed by atoms with van der Waals surface area (Å²) in [6.45, 7) is 4.99. The van der Waals surface area contributed by atoms with Gasteiger partial charge in [-0.05, 0) is 39.0 Å². The van der Waals surface area contributed by atoms with Crippen LogP contribution in [-0.2, 0) is 10.0 Å². The Labute approximate surface area is 128 Å². The second kappa shape index (κ2) is 6.20. The Kier molecular flexibility index (Phi) is 4.53. The molecule has 0 bridgehead atoms. The highest BCUT2D eigenvalue weighted by Crippen LogP contribution is 2.11. The molecule has 0 fully saturated rings. The smallest absolute Gasteiger partial charge is 0.257 e. The summed E-state index contributed by atoms with van der Waals surface area (Å²) in [6, 6.07) is 7.43. The number of sulfonamides is 1. The van der Waals surface area contributed by atoms with Gasteiger partial charge >= 0.3 is 0 Å². The third-order valence-corrected chi connectivity index (χ3v) is 4.11. The van der Waals surface area contributed by atoms with Gasteiger partial charge in [0, 0.05) is 17.0 Å². The van der Waals surface area contributed by atoms with E-state index in [0.717, 1.165) is 11.4 Å². The molecule has 2 N–H and O–H groups in total. The van der Waals surface area contributed by atoms with Gasteiger partial charge in [0.15, 0.2) is 5.78 Å². The van der Waals surface area contributed by atoms with E-state index in [9.17, 15) is 13.2 Å². The van der Waals surface area contributed by atoms with E-state index < -0.39 is 10.0 Å². The number of Topliss-reactive ketones (excluding diaryl/α,β-unsaturated/α-hetero) is 1. The van der Waals surface area contributed by atoms with Gasteiger partial charge in [0.25, 0.3) is 10.0 Å². The predicted octanol–water partition coefficient (Wildman–Crippen LogP) is 1.60. The number of carbonyl (C=O) groups excluding carboxylic acids is 1. The van der Waals surface area contributed by atoms with E-state index in [-0.39, 0.29) is 16.6 Å². The van der Waals surface area contributed by atoms with Crippen molar-refractivity contribution in [1.29, 1.82) is 0 Å². The van der Waals surface area contributed by atoms with E-state index in [1.807, 2.05) is 0 Å². The Morgan fingerprint density at radius 2 is 1.59 bits per heavy atom. The molecule has 2 rings (SSSR count). The molecule has 22 heavy (non-hydrogen) atoms. The molecule has 0 atom stereocenters. The fourth-order valence-corrected chi connectivity index (χ4v) is 2.66. The fraction of sp³-hybridized carbons (Fsp3) is 0.214. The number of hydrazine groups is 1. The van der Waals surface area contributed by atoms with Gasteiger partial charge in [-0.3, -0.25) is 10.2 Å². The van der Waals surface area contributed by atoms with Crippen molar-refractivity contribution in [3.63, 3.8) is 0 Å². The lowest BCUT2D eigenvalue weighted by Crippen LogP contribution is -2.30. The van der Waals surface area contributed by atoms with Crippen LogP contribution in [0.3, 0.4) is 0 Å². The van der Waals surface area contributed by atoms with Gasteiger partial charge in [-0.2, -0.15) is 0 Å². The number of hydrogen-bond acceptors (Lipinski definition) is 6. The number of nitrogens with zero attached hydrogens (tertiary/aromatic N) is 2. The van der Waals surface area contributed by atoms with Gasteiger partial charge in [-0.1, -0.05) is 12.1 Å². The van der Waals surface area contributed by atoms with Crippen LogP contribution in [0.5, 0.6) is 0 Å². The number of anilines is 1. The molecule has 1 aromatic carbocycles. The van der Waals surface area contributed by atoms with E-state index in [2.05, 4.69) is 20.2 Å². The third kappa shape index (κ3) is 3.86. The number of hydrogen-bond donors (Lipinski definition) is 2. The summed E-state index contributed by atoms with van der Waals surface area (Å²) in [5, 5.41) is 0. The molecule has 2 aromatic rings. The van der Waals surface area contributed by atoms with Crippen molar-refractivity contribution in [3.05, 3.63) is 47.3 Å². The van der Waals surface area contributed by atoms with Crippen LogP contribution in [-0.4, -0.2) is 24.2 Å². The van der Waals surface area contributed by atoms with Gasteiger partial charge in [-0.15, -0.1) is 4.83 Å². The quantitative estimate of drug-likeness (QED) is 0.641. The van der Waals surface area contributed by atoms with E-state index in [1.54, 1.807) is 19.9 Å². The molecule has 1 aromatic heterocycles. The topological polar surface area (TPSA) is 101 Å². The SMILES string of the molecule is CC(=O)c1ccc(S(=O)(=O)NNc2nc(C)cc(C)n2)cc1. The van der Waals surface area contributed by atoms with E-state index >= 15 is 0 Å². The Balaban J connectivity index is 2.15. The molecule has 0 amide bonds. The standard InChI is InChI=1S/C14H16N4O3S/c1-9-8-10(2)16-14(15-9)17-18-22(20,21)13-6-4-12(5-7-13)11(3)19/h4-8,18H,1-3H3,(H,15,16,17). The number of aromatic nitrogens is 2.